The maximum Gasteiger partial charge on any atom is 0.317 e. The van der Waals surface area contributed by atoms with Crippen molar-refractivity contribution in [1.29, 1.82) is 0 Å². The number of amides is 2. The van der Waals surface area contributed by atoms with Gasteiger partial charge >= 0.3 is 23.9 Å². The number of esters is 4. The van der Waals surface area contributed by atoms with Crippen LogP contribution < -0.4 is 10.9 Å². The molecule has 2 N–H and O–H groups in total. The lowest BCUT2D eigenvalue weighted by Gasteiger charge is -2.26. The highest BCUT2D eigenvalue weighted by Crippen LogP contribution is 2.40. The molecule has 4 aliphatic rings. The van der Waals surface area contributed by atoms with Gasteiger partial charge in [-0.25, -0.2) is 0 Å². The Balaban J connectivity index is 1.27. The van der Waals surface area contributed by atoms with E-state index in [1.165, 1.54) is 0 Å². The van der Waals surface area contributed by atoms with Crippen LogP contribution in [0.1, 0.15) is 38.5 Å². The summed E-state index contributed by atoms with van der Waals surface area (Å²) in [6, 6.07) is 0. The molecule has 0 spiro atoms. The molecule has 2 heterocycles. The van der Waals surface area contributed by atoms with Gasteiger partial charge in [0.25, 0.3) is 11.8 Å². The van der Waals surface area contributed by atoms with Crippen LogP contribution in [0.25, 0.3) is 0 Å². The predicted octanol–water partition coefficient (Wildman–Crippen LogP) is -1.01. The second-order valence-corrected chi connectivity index (χ2v) is 8.31. The smallest absolute Gasteiger partial charge is 0.317 e. The summed E-state index contributed by atoms with van der Waals surface area (Å²) < 4.78 is 9.28. The van der Waals surface area contributed by atoms with Crippen LogP contribution in [0.3, 0.4) is 0 Å². The minimum absolute atomic E-state index is 0.199. The lowest BCUT2D eigenvalue weighted by atomic mass is 9.75. The van der Waals surface area contributed by atoms with E-state index < -0.39 is 71.2 Å². The first-order valence-electron chi connectivity index (χ1n) is 9.97. The number of hydrazone groups is 2. The van der Waals surface area contributed by atoms with Gasteiger partial charge in [0.05, 0.1) is 23.7 Å². The largest absolute Gasteiger partial charge is 0.393 e. The zero-order valence-electron chi connectivity index (χ0n) is 16.1. The van der Waals surface area contributed by atoms with Gasteiger partial charge in [-0.2, -0.15) is 0 Å². The number of rotatable bonds is 4. The summed E-state index contributed by atoms with van der Waals surface area (Å²) in [4.78, 5) is 72.6. The van der Waals surface area contributed by atoms with Gasteiger partial charge in [0.1, 0.15) is 0 Å². The van der Waals surface area contributed by atoms with Gasteiger partial charge in [-0.1, -0.05) is 0 Å². The number of fused-ring (bicyclic) bond motifs is 2. The van der Waals surface area contributed by atoms with Crippen molar-refractivity contribution in [2.75, 3.05) is 0 Å². The van der Waals surface area contributed by atoms with Crippen molar-refractivity contribution in [2.45, 2.75) is 38.5 Å². The summed E-state index contributed by atoms with van der Waals surface area (Å²) in [5.74, 6) is -6.32. The maximum atomic E-state index is 12.5. The van der Waals surface area contributed by atoms with Gasteiger partial charge in [-0.3, -0.25) is 28.8 Å². The molecule has 0 aromatic carbocycles. The molecule has 0 bridgehead atoms. The summed E-state index contributed by atoms with van der Waals surface area (Å²) in [6.07, 6.45) is 2.00. The average Bonchev–Trinajstić information content (AvgIpc) is 3.16. The Morgan fingerprint density at radius 3 is 1.47 bits per heavy atom. The van der Waals surface area contributed by atoms with E-state index in [0.717, 1.165) is 4.79 Å². The van der Waals surface area contributed by atoms with Crippen molar-refractivity contribution in [3.05, 3.63) is 0 Å². The third-order valence-electron chi connectivity index (χ3n) is 6.55. The number of hydrogen-bond donors (Lipinski definition) is 2. The SMILES string of the molecule is C=[N+](NC(=O)C1CCC2C(=O)OC(=O)C2C1)NC(=O)C1CCC2C(=O)OC(=O)C2C1. The second kappa shape index (κ2) is 7.62. The molecule has 2 saturated heterocycles. The molecule has 4 rings (SSSR count). The van der Waals surface area contributed by atoms with Crippen LogP contribution in [-0.2, 0) is 38.2 Å². The summed E-state index contributed by atoms with van der Waals surface area (Å²) >= 11 is 0. The third kappa shape index (κ3) is 3.59. The first kappa shape index (κ1) is 20.2. The number of ether oxygens (including phenoxy) is 2. The van der Waals surface area contributed by atoms with Crippen LogP contribution in [0.5, 0.6) is 0 Å². The van der Waals surface area contributed by atoms with Gasteiger partial charge in [0.2, 0.25) is 0 Å². The molecule has 6 atom stereocenters. The molecule has 0 radical (unpaired) electrons. The molecule has 4 fully saturated rings. The Labute approximate surface area is 171 Å². The van der Waals surface area contributed by atoms with E-state index in [1.807, 2.05) is 0 Å². The molecular weight excluding hydrogens is 398 g/mol. The van der Waals surface area contributed by atoms with Crippen LogP contribution in [0.15, 0.2) is 0 Å². The quantitative estimate of drug-likeness (QED) is 0.193. The zero-order chi connectivity index (χ0) is 21.6. The van der Waals surface area contributed by atoms with E-state index >= 15 is 0 Å². The first-order chi connectivity index (χ1) is 14.2. The van der Waals surface area contributed by atoms with Crippen LogP contribution in [0.2, 0.25) is 0 Å². The van der Waals surface area contributed by atoms with Gasteiger partial charge in [-0.05, 0) is 38.5 Å². The highest BCUT2D eigenvalue weighted by molar-refractivity contribution is 5.97. The Morgan fingerprint density at radius 1 is 0.700 bits per heavy atom. The minimum atomic E-state index is -0.612. The Morgan fingerprint density at radius 2 is 1.07 bits per heavy atom. The molecule has 11 heteroatoms. The summed E-state index contributed by atoms with van der Waals surface area (Å²) in [6.45, 7) is 3.57. The first-order valence-corrected chi connectivity index (χ1v) is 9.97. The van der Waals surface area contributed by atoms with E-state index in [2.05, 4.69) is 27.0 Å². The van der Waals surface area contributed by atoms with Crippen LogP contribution in [-0.4, -0.2) is 47.2 Å². The molecule has 30 heavy (non-hydrogen) atoms. The van der Waals surface area contributed by atoms with Gasteiger partial charge < -0.3 is 9.47 Å². The van der Waals surface area contributed by atoms with E-state index in [4.69, 9.17) is 0 Å². The summed E-state index contributed by atoms with van der Waals surface area (Å²) in [7, 11) is 0. The Bertz CT molecular complexity index is 800. The molecule has 0 aromatic heterocycles. The number of nitrogens with one attached hydrogen (secondary N) is 2. The van der Waals surface area contributed by atoms with Crippen molar-refractivity contribution < 1.29 is 43.0 Å². The van der Waals surface area contributed by atoms with Crippen molar-refractivity contribution in [2.24, 2.45) is 35.5 Å². The fourth-order valence-electron chi connectivity index (χ4n) is 4.88. The summed E-state index contributed by atoms with van der Waals surface area (Å²) in [5, 5.41) is 0. The van der Waals surface area contributed by atoms with Gasteiger partial charge in [0, 0.05) is 16.6 Å². The molecule has 2 aliphatic heterocycles. The van der Waals surface area contributed by atoms with Gasteiger partial charge in [-0.15, -0.1) is 10.9 Å². The minimum Gasteiger partial charge on any atom is -0.393 e. The van der Waals surface area contributed by atoms with Crippen molar-refractivity contribution in [3.63, 3.8) is 0 Å². The fourth-order valence-corrected chi connectivity index (χ4v) is 4.88. The second-order valence-electron chi connectivity index (χ2n) is 8.31. The zero-order valence-corrected chi connectivity index (χ0v) is 16.1. The normalized spacial score (nSPS) is 35.1. The van der Waals surface area contributed by atoms with E-state index in [9.17, 15) is 28.8 Å². The predicted molar refractivity (Wildman–Crippen MR) is 94.5 cm³/mol. The third-order valence-corrected chi connectivity index (χ3v) is 6.55. The number of carbonyl (C=O) groups excluding carboxylic acids is 6. The van der Waals surface area contributed by atoms with Gasteiger partial charge in [0.15, 0.2) is 6.72 Å². The number of hydrazine groups is 2. The Kier molecular flexibility index (Phi) is 5.12. The molecule has 2 saturated carbocycles. The monoisotopic (exact) mass is 420 g/mol. The highest BCUT2D eigenvalue weighted by Gasteiger charge is 2.50. The fraction of sp³-hybridized carbons (Fsp3) is 0.632. The van der Waals surface area contributed by atoms with Crippen molar-refractivity contribution in [3.8, 4) is 0 Å². The van der Waals surface area contributed by atoms with Crippen LogP contribution >= 0.6 is 0 Å². The van der Waals surface area contributed by atoms with E-state index in [0.29, 0.717) is 25.7 Å². The molecule has 6 unspecified atom stereocenters. The van der Waals surface area contributed by atoms with E-state index in [-0.39, 0.29) is 12.8 Å². The lowest BCUT2D eigenvalue weighted by molar-refractivity contribution is -0.611. The molecule has 2 amide bonds. The molecule has 11 nitrogen and oxygen atoms in total. The van der Waals surface area contributed by atoms with Crippen molar-refractivity contribution in [1.82, 2.24) is 10.9 Å². The topological polar surface area (TPSA) is 148 Å². The molecule has 2 aliphatic carbocycles. The lowest BCUT2D eigenvalue weighted by Crippen LogP contribution is -2.50. The highest BCUT2D eigenvalue weighted by atomic mass is 16.6. The molecular formula is C19H22N3O8+. The van der Waals surface area contributed by atoms with Crippen LogP contribution in [0.4, 0.5) is 0 Å². The number of hydrogen-bond acceptors (Lipinski definition) is 8. The number of carbonyl (C=O) groups is 6. The number of cyclic esters (lactones) is 4. The molecule has 160 valence electrons. The summed E-state index contributed by atoms with van der Waals surface area (Å²) in [5.41, 5.74) is 4.91. The van der Waals surface area contributed by atoms with Crippen LogP contribution in [0, 0.1) is 35.5 Å². The maximum absolute atomic E-state index is 12.5. The Hall–Kier alpha value is -3.11. The van der Waals surface area contributed by atoms with Crippen molar-refractivity contribution >= 4 is 42.4 Å². The van der Waals surface area contributed by atoms with E-state index in [1.54, 1.807) is 0 Å². The molecule has 0 aromatic rings. The number of nitrogens with zero attached hydrogens (tertiary/aromatic N) is 1. The standard InChI is InChI=1S/C19H21N3O8/c1-22(20-14(23)8-2-4-10-12(6-8)18(27)29-16(10)25)21-15(24)9-3-5-11-13(7-9)19(28)30-17(11)26/h8-13H,1-7H2,(H-,20,21,23,24)/p+1. The average molecular weight is 420 g/mol.